The molecule has 124 valence electrons. The quantitative estimate of drug-likeness (QED) is 0.640. The first kappa shape index (κ1) is 17.0. The molecule has 22 heavy (non-hydrogen) atoms. The Morgan fingerprint density at radius 3 is 2.91 bits per heavy atom. The van der Waals surface area contributed by atoms with E-state index in [-0.39, 0.29) is 12.6 Å². The fourth-order valence-electron chi connectivity index (χ4n) is 2.02. The van der Waals surface area contributed by atoms with Gasteiger partial charge in [-0.15, -0.1) is 11.3 Å². The molecule has 0 radical (unpaired) electrons. The van der Waals surface area contributed by atoms with Crippen LogP contribution < -0.4 is 10.6 Å². The molecule has 1 aromatic heterocycles. The molecule has 0 bridgehead atoms. The van der Waals surface area contributed by atoms with Gasteiger partial charge in [-0.1, -0.05) is 0 Å². The Bertz CT molecular complexity index is 498. The molecule has 2 rings (SSSR count). The summed E-state index contributed by atoms with van der Waals surface area (Å²) in [5.74, 6) is 0.557. The highest BCUT2D eigenvalue weighted by molar-refractivity contribution is 7.09. The number of nitrogens with one attached hydrogen (secondary N) is 2. The number of thiazole rings is 1. The van der Waals surface area contributed by atoms with Crippen LogP contribution in [0, 0.1) is 0 Å². The highest BCUT2D eigenvalue weighted by Crippen LogP contribution is 2.30. The molecule has 2 N–H and O–H groups in total. The van der Waals surface area contributed by atoms with E-state index >= 15 is 0 Å². The lowest BCUT2D eigenvalue weighted by molar-refractivity contribution is -0.140. The van der Waals surface area contributed by atoms with Crippen molar-refractivity contribution in [2.75, 3.05) is 19.7 Å². The first-order valence-electron chi connectivity index (χ1n) is 7.14. The minimum atomic E-state index is -4.40. The van der Waals surface area contributed by atoms with Crippen LogP contribution in [0.15, 0.2) is 10.4 Å². The highest BCUT2D eigenvalue weighted by Gasteiger charge is 2.33. The summed E-state index contributed by atoms with van der Waals surface area (Å²) in [7, 11) is 0. The van der Waals surface area contributed by atoms with Gasteiger partial charge < -0.3 is 15.4 Å². The second-order valence-corrected chi connectivity index (χ2v) is 5.78. The van der Waals surface area contributed by atoms with Gasteiger partial charge in [0.05, 0.1) is 12.6 Å². The second-order valence-electron chi connectivity index (χ2n) is 4.84. The predicted molar refractivity (Wildman–Crippen MR) is 78.9 cm³/mol. The van der Waals surface area contributed by atoms with Crippen LogP contribution in [0.2, 0.25) is 0 Å². The molecular formula is C13H19F3N4OS. The Morgan fingerprint density at radius 2 is 2.32 bits per heavy atom. The molecule has 1 aliphatic heterocycles. The van der Waals surface area contributed by atoms with E-state index in [9.17, 15) is 13.2 Å². The molecule has 0 amide bonds. The summed E-state index contributed by atoms with van der Waals surface area (Å²) < 4.78 is 43.0. The lowest BCUT2D eigenvalue weighted by atomic mass is 10.2. The lowest BCUT2D eigenvalue weighted by Crippen LogP contribution is -2.41. The van der Waals surface area contributed by atoms with Crippen LogP contribution in [0.4, 0.5) is 13.2 Å². The summed E-state index contributed by atoms with van der Waals surface area (Å²) in [6.45, 7) is 4.12. The molecule has 0 spiro atoms. The normalized spacial score (nSPS) is 19.5. The number of nitrogens with zero attached hydrogens (tertiary/aromatic N) is 2. The number of aliphatic imine (C=N–C) groups is 1. The third-order valence-electron chi connectivity index (χ3n) is 3.08. The summed E-state index contributed by atoms with van der Waals surface area (Å²) in [6, 6.07) is 0. The van der Waals surface area contributed by atoms with Crippen LogP contribution in [0.1, 0.15) is 30.5 Å². The zero-order chi connectivity index (χ0) is 16.0. The molecule has 0 saturated carbocycles. The maximum absolute atomic E-state index is 12.5. The molecule has 9 heteroatoms. The number of aromatic nitrogens is 1. The third kappa shape index (κ3) is 5.13. The summed E-state index contributed by atoms with van der Waals surface area (Å²) in [5, 5.41) is 7.54. The van der Waals surface area contributed by atoms with Gasteiger partial charge in [0.2, 0.25) is 0 Å². The Labute approximate surface area is 131 Å². The maximum Gasteiger partial charge on any atom is 0.434 e. The highest BCUT2D eigenvalue weighted by atomic mass is 32.1. The number of rotatable bonds is 5. The van der Waals surface area contributed by atoms with Crippen LogP contribution in [0.25, 0.3) is 0 Å². The van der Waals surface area contributed by atoms with Crippen molar-refractivity contribution in [3.8, 4) is 0 Å². The lowest BCUT2D eigenvalue weighted by Gasteiger charge is -2.14. The molecule has 1 fully saturated rings. The smallest absolute Gasteiger partial charge is 0.376 e. The van der Waals surface area contributed by atoms with E-state index in [0.717, 1.165) is 36.2 Å². The summed E-state index contributed by atoms with van der Waals surface area (Å²) in [6.07, 6.45) is -2.17. The largest absolute Gasteiger partial charge is 0.434 e. The zero-order valence-corrected chi connectivity index (χ0v) is 13.1. The second kappa shape index (κ2) is 7.77. The maximum atomic E-state index is 12.5. The molecule has 1 atom stereocenters. The standard InChI is InChI=1S/C13H19F3N4OS/c1-2-17-12(18-6-9-4-3-5-21-9)19-7-11-20-10(8-22-11)13(14,15)16/h8-9H,2-7H2,1H3,(H2,17,18,19). The van der Waals surface area contributed by atoms with Gasteiger partial charge in [-0.3, -0.25) is 0 Å². The number of alkyl halides is 3. The Hall–Kier alpha value is -1.35. The van der Waals surface area contributed by atoms with Gasteiger partial charge in [-0.25, -0.2) is 9.98 Å². The molecule has 1 saturated heterocycles. The number of hydrogen-bond acceptors (Lipinski definition) is 4. The van der Waals surface area contributed by atoms with Crippen molar-refractivity contribution in [2.24, 2.45) is 4.99 Å². The average molecular weight is 336 g/mol. The molecule has 5 nitrogen and oxygen atoms in total. The van der Waals surface area contributed by atoms with Gasteiger partial charge in [-0.2, -0.15) is 13.2 Å². The van der Waals surface area contributed by atoms with Crippen molar-refractivity contribution in [1.82, 2.24) is 15.6 Å². The molecule has 2 heterocycles. The van der Waals surface area contributed by atoms with Gasteiger partial charge >= 0.3 is 6.18 Å². The molecule has 1 unspecified atom stereocenters. The molecule has 0 aromatic carbocycles. The van der Waals surface area contributed by atoms with Crippen molar-refractivity contribution in [2.45, 2.75) is 38.6 Å². The minimum absolute atomic E-state index is 0.113. The van der Waals surface area contributed by atoms with E-state index in [1.165, 1.54) is 0 Å². The van der Waals surface area contributed by atoms with Crippen molar-refractivity contribution in [3.63, 3.8) is 0 Å². The number of halogens is 3. The van der Waals surface area contributed by atoms with Crippen molar-refractivity contribution in [1.29, 1.82) is 0 Å². The first-order chi connectivity index (χ1) is 10.5. The van der Waals surface area contributed by atoms with Crippen LogP contribution in [0.3, 0.4) is 0 Å². The van der Waals surface area contributed by atoms with Crippen molar-refractivity contribution >= 4 is 17.3 Å². The van der Waals surface area contributed by atoms with E-state index in [1.54, 1.807) is 0 Å². The number of hydrogen-bond donors (Lipinski definition) is 2. The average Bonchev–Trinajstić information content (AvgIpc) is 3.12. The van der Waals surface area contributed by atoms with Crippen LogP contribution in [-0.2, 0) is 17.5 Å². The van der Waals surface area contributed by atoms with Crippen molar-refractivity contribution < 1.29 is 17.9 Å². The van der Waals surface area contributed by atoms with Crippen molar-refractivity contribution in [3.05, 3.63) is 16.1 Å². The minimum Gasteiger partial charge on any atom is -0.376 e. The predicted octanol–water partition coefficient (Wildman–Crippen LogP) is 2.40. The molecule has 1 aliphatic rings. The zero-order valence-electron chi connectivity index (χ0n) is 12.2. The topological polar surface area (TPSA) is 58.5 Å². The van der Waals surface area contributed by atoms with Crippen LogP contribution in [0.5, 0.6) is 0 Å². The number of ether oxygens (including phenoxy) is 1. The summed E-state index contributed by atoms with van der Waals surface area (Å²) >= 11 is 0.961. The van der Waals surface area contributed by atoms with Gasteiger partial charge in [-0.05, 0) is 19.8 Å². The van der Waals surface area contributed by atoms with E-state index in [2.05, 4.69) is 20.6 Å². The Kier molecular flexibility index (Phi) is 6.01. The van der Waals surface area contributed by atoms with Gasteiger partial charge in [0.1, 0.15) is 5.01 Å². The monoisotopic (exact) mass is 336 g/mol. The van der Waals surface area contributed by atoms with E-state index in [4.69, 9.17) is 4.74 Å². The van der Waals surface area contributed by atoms with Crippen LogP contribution >= 0.6 is 11.3 Å². The summed E-state index contributed by atoms with van der Waals surface area (Å²) in [4.78, 5) is 7.82. The van der Waals surface area contributed by atoms with E-state index < -0.39 is 11.9 Å². The fraction of sp³-hybridized carbons (Fsp3) is 0.692. The molecule has 0 aliphatic carbocycles. The molecular weight excluding hydrogens is 317 g/mol. The first-order valence-corrected chi connectivity index (χ1v) is 8.02. The Morgan fingerprint density at radius 1 is 1.50 bits per heavy atom. The third-order valence-corrected chi connectivity index (χ3v) is 3.91. The van der Waals surface area contributed by atoms with Gasteiger partial charge in [0.15, 0.2) is 11.7 Å². The van der Waals surface area contributed by atoms with E-state index in [1.807, 2.05) is 6.92 Å². The van der Waals surface area contributed by atoms with Gasteiger partial charge in [0, 0.05) is 25.1 Å². The van der Waals surface area contributed by atoms with Gasteiger partial charge in [0.25, 0.3) is 0 Å². The SMILES string of the molecule is CCNC(=NCc1nc(C(F)(F)F)cs1)NCC1CCCO1. The molecule has 1 aromatic rings. The van der Waals surface area contributed by atoms with E-state index in [0.29, 0.717) is 24.1 Å². The summed E-state index contributed by atoms with van der Waals surface area (Å²) in [5.41, 5.74) is -0.861. The number of guanidine groups is 1. The van der Waals surface area contributed by atoms with Crippen LogP contribution in [-0.4, -0.2) is 36.7 Å². The Balaban J connectivity index is 1.89. The fourth-order valence-corrected chi connectivity index (χ4v) is 2.74.